The molecule has 1 heterocycles. The van der Waals surface area contributed by atoms with Crippen molar-refractivity contribution in [2.75, 3.05) is 12.3 Å². The monoisotopic (exact) mass is 275 g/mol. The summed E-state index contributed by atoms with van der Waals surface area (Å²) in [5, 5.41) is 4.17. The smallest absolute Gasteiger partial charge is 0.344 e. The number of rotatable bonds is 5. The van der Waals surface area contributed by atoms with E-state index in [0.29, 0.717) is 11.4 Å². The van der Waals surface area contributed by atoms with Crippen molar-refractivity contribution in [2.24, 2.45) is 7.05 Å². The second-order valence-corrected chi connectivity index (χ2v) is 4.42. The molecule has 6 nitrogen and oxygen atoms in total. The van der Waals surface area contributed by atoms with E-state index in [1.54, 1.807) is 36.0 Å². The Balaban J connectivity index is 1.80. The van der Waals surface area contributed by atoms with Crippen molar-refractivity contribution in [2.45, 2.75) is 13.5 Å². The first kappa shape index (κ1) is 13.9. The number of ether oxygens (including phenoxy) is 2. The van der Waals surface area contributed by atoms with Gasteiger partial charge in [0.05, 0.1) is 11.4 Å². The first-order valence-electron chi connectivity index (χ1n) is 6.18. The average molecular weight is 275 g/mol. The van der Waals surface area contributed by atoms with Crippen LogP contribution in [0, 0.1) is 6.92 Å². The van der Waals surface area contributed by atoms with Crippen LogP contribution >= 0.6 is 0 Å². The van der Waals surface area contributed by atoms with E-state index in [2.05, 4.69) is 5.10 Å². The third-order valence-corrected chi connectivity index (χ3v) is 2.69. The second-order valence-electron chi connectivity index (χ2n) is 4.42. The molecule has 0 saturated carbocycles. The van der Waals surface area contributed by atoms with Gasteiger partial charge in [-0.25, -0.2) is 4.79 Å². The number of hydrogen-bond donors (Lipinski definition) is 1. The topological polar surface area (TPSA) is 79.4 Å². The Hall–Kier alpha value is -2.50. The van der Waals surface area contributed by atoms with E-state index in [0.717, 1.165) is 11.4 Å². The van der Waals surface area contributed by atoms with Crippen LogP contribution in [-0.4, -0.2) is 22.4 Å². The number of hydrogen-bond acceptors (Lipinski definition) is 5. The number of aryl methyl sites for hydroxylation is 2. The highest BCUT2D eigenvalue weighted by molar-refractivity contribution is 5.71. The molecule has 0 saturated heterocycles. The molecular formula is C14H17N3O3. The fraction of sp³-hybridized carbons (Fsp3) is 0.286. The molecule has 0 aliphatic carbocycles. The summed E-state index contributed by atoms with van der Waals surface area (Å²) in [7, 11) is 1.80. The number of nitrogen functional groups attached to an aromatic ring is 1. The first-order chi connectivity index (χ1) is 9.54. The maximum Gasteiger partial charge on any atom is 0.344 e. The van der Waals surface area contributed by atoms with Crippen molar-refractivity contribution < 1.29 is 14.3 Å². The van der Waals surface area contributed by atoms with Gasteiger partial charge >= 0.3 is 5.97 Å². The zero-order chi connectivity index (χ0) is 14.5. The Kier molecular flexibility index (Phi) is 4.24. The number of aromatic nitrogens is 2. The van der Waals surface area contributed by atoms with Gasteiger partial charge in [-0.3, -0.25) is 4.68 Å². The van der Waals surface area contributed by atoms with Crippen molar-refractivity contribution in [3.05, 3.63) is 41.7 Å². The molecule has 0 unspecified atom stereocenters. The number of carbonyl (C=O) groups is 1. The Labute approximate surface area is 117 Å². The number of anilines is 1. The molecule has 0 aliphatic rings. The van der Waals surface area contributed by atoms with Gasteiger partial charge in [0.1, 0.15) is 12.4 Å². The Bertz CT molecular complexity index is 607. The normalized spacial score (nSPS) is 10.3. The lowest BCUT2D eigenvalue weighted by atomic mass is 10.3. The van der Waals surface area contributed by atoms with Gasteiger partial charge in [-0.1, -0.05) is 6.07 Å². The summed E-state index contributed by atoms with van der Waals surface area (Å²) in [6.45, 7) is 1.91. The summed E-state index contributed by atoms with van der Waals surface area (Å²) >= 11 is 0. The van der Waals surface area contributed by atoms with Gasteiger partial charge in [0.25, 0.3) is 0 Å². The molecule has 106 valence electrons. The third-order valence-electron chi connectivity index (χ3n) is 2.69. The van der Waals surface area contributed by atoms with E-state index in [-0.39, 0.29) is 13.2 Å². The van der Waals surface area contributed by atoms with E-state index in [9.17, 15) is 4.79 Å². The highest BCUT2D eigenvalue weighted by Gasteiger charge is 2.08. The van der Waals surface area contributed by atoms with Crippen LogP contribution in [0.15, 0.2) is 30.3 Å². The Morgan fingerprint density at radius 2 is 2.20 bits per heavy atom. The minimum absolute atomic E-state index is 0.152. The minimum atomic E-state index is -0.439. The second kappa shape index (κ2) is 6.10. The maximum absolute atomic E-state index is 11.6. The molecule has 1 aromatic heterocycles. The molecule has 0 aliphatic heterocycles. The van der Waals surface area contributed by atoms with E-state index >= 15 is 0 Å². The van der Waals surface area contributed by atoms with Crippen LogP contribution in [-0.2, 0) is 23.2 Å². The van der Waals surface area contributed by atoms with Crippen molar-refractivity contribution in [1.29, 1.82) is 0 Å². The molecule has 2 N–H and O–H groups in total. The summed E-state index contributed by atoms with van der Waals surface area (Å²) < 4.78 is 12.1. The maximum atomic E-state index is 11.6. The number of carbonyl (C=O) groups excluding carboxylic acids is 1. The summed E-state index contributed by atoms with van der Waals surface area (Å²) in [6, 6.07) is 8.75. The number of nitrogens with two attached hydrogens (primary N) is 1. The molecule has 6 heteroatoms. The van der Waals surface area contributed by atoms with E-state index < -0.39 is 5.97 Å². The minimum Gasteiger partial charge on any atom is -0.482 e. The Morgan fingerprint density at radius 1 is 1.40 bits per heavy atom. The van der Waals surface area contributed by atoms with Gasteiger partial charge in [-0.2, -0.15) is 5.10 Å². The van der Waals surface area contributed by atoms with Gasteiger partial charge in [0.2, 0.25) is 0 Å². The lowest BCUT2D eigenvalue weighted by molar-refractivity contribution is -0.147. The highest BCUT2D eigenvalue weighted by atomic mass is 16.6. The average Bonchev–Trinajstić information content (AvgIpc) is 2.72. The lowest BCUT2D eigenvalue weighted by Gasteiger charge is -2.07. The van der Waals surface area contributed by atoms with Gasteiger partial charge < -0.3 is 15.2 Å². The summed E-state index contributed by atoms with van der Waals surface area (Å²) in [6.07, 6.45) is 0. The molecule has 2 aromatic rings. The van der Waals surface area contributed by atoms with Gasteiger partial charge in [0, 0.05) is 18.8 Å². The van der Waals surface area contributed by atoms with Crippen molar-refractivity contribution in [3.63, 3.8) is 0 Å². The van der Waals surface area contributed by atoms with Crippen LogP contribution in [0.3, 0.4) is 0 Å². The van der Waals surface area contributed by atoms with Crippen molar-refractivity contribution >= 4 is 11.7 Å². The van der Waals surface area contributed by atoms with E-state index in [4.69, 9.17) is 15.2 Å². The third kappa shape index (κ3) is 3.74. The molecule has 0 amide bonds. The molecule has 20 heavy (non-hydrogen) atoms. The highest BCUT2D eigenvalue weighted by Crippen LogP contribution is 2.14. The van der Waals surface area contributed by atoms with Crippen molar-refractivity contribution in [3.8, 4) is 5.75 Å². The molecule has 0 radical (unpaired) electrons. The molecular weight excluding hydrogens is 258 g/mol. The van der Waals surface area contributed by atoms with Crippen LogP contribution in [0.1, 0.15) is 11.4 Å². The summed E-state index contributed by atoms with van der Waals surface area (Å²) in [4.78, 5) is 11.6. The number of esters is 1. The van der Waals surface area contributed by atoms with E-state index in [1.807, 2.05) is 13.0 Å². The van der Waals surface area contributed by atoms with Gasteiger partial charge in [0.15, 0.2) is 6.61 Å². The summed E-state index contributed by atoms with van der Waals surface area (Å²) in [5.41, 5.74) is 7.91. The van der Waals surface area contributed by atoms with Gasteiger partial charge in [-0.05, 0) is 25.1 Å². The largest absolute Gasteiger partial charge is 0.482 e. The van der Waals surface area contributed by atoms with Crippen LogP contribution in [0.4, 0.5) is 5.69 Å². The van der Waals surface area contributed by atoms with E-state index in [1.165, 1.54) is 0 Å². The first-order valence-corrected chi connectivity index (χ1v) is 6.18. The van der Waals surface area contributed by atoms with Crippen LogP contribution in [0.2, 0.25) is 0 Å². The molecule has 1 aromatic carbocycles. The molecule has 0 bridgehead atoms. The quantitative estimate of drug-likeness (QED) is 0.659. The van der Waals surface area contributed by atoms with Crippen LogP contribution < -0.4 is 10.5 Å². The summed E-state index contributed by atoms with van der Waals surface area (Å²) in [5.74, 6) is 0.101. The Morgan fingerprint density at radius 3 is 2.85 bits per heavy atom. The fourth-order valence-electron chi connectivity index (χ4n) is 1.74. The standard InChI is InChI=1S/C14H17N3O3/c1-10-6-12(17(2)16-10)8-20-14(18)9-19-13-5-3-4-11(15)7-13/h3-7H,8-9,15H2,1-2H3. The predicted octanol–water partition coefficient (Wildman–Crippen LogP) is 1.43. The fourth-order valence-corrected chi connectivity index (χ4v) is 1.74. The predicted molar refractivity (Wildman–Crippen MR) is 74.1 cm³/mol. The van der Waals surface area contributed by atoms with Crippen molar-refractivity contribution in [1.82, 2.24) is 9.78 Å². The molecule has 0 spiro atoms. The van der Waals surface area contributed by atoms with Crippen LogP contribution in [0.5, 0.6) is 5.75 Å². The molecule has 2 rings (SSSR count). The number of nitrogens with zero attached hydrogens (tertiary/aromatic N) is 2. The van der Waals surface area contributed by atoms with Gasteiger partial charge in [-0.15, -0.1) is 0 Å². The van der Waals surface area contributed by atoms with Crippen LogP contribution in [0.25, 0.3) is 0 Å². The molecule has 0 fully saturated rings. The number of benzene rings is 1. The zero-order valence-corrected chi connectivity index (χ0v) is 11.5. The SMILES string of the molecule is Cc1cc(COC(=O)COc2cccc(N)c2)n(C)n1. The lowest BCUT2D eigenvalue weighted by Crippen LogP contribution is -2.15. The molecule has 0 atom stereocenters. The zero-order valence-electron chi connectivity index (χ0n) is 11.5.